The maximum Gasteiger partial charge on any atom is 0.288 e. The third-order valence-electron chi connectivity index (χ3n) is 4.97. The van der Waals surface area contributed by atoms with Crippen LogP contribution >= 0.6 is 23.2 Å². The fourth-order valence-corrected chi connectivity index (χ4v) is 3.76. The highest BCUT2D eigenvalue weighted by Crippen LogP contribution is 2.30. The number of hydrogen-bond acceptors (Lipinski definition) is 5. The van der Waals surface area contributed by atoms with Crippen molar-refractivity contribution >= 4 is 52.2 Å². The van der Waals surface area contributed by atoms with Gasteiger partial charge in [0.2, 0.25) is 5.91 Å². The first-order valence-electron chi connectivity index (χ1n) is 9.57. The molecule has 1 N–H and O–H groups in total. The van der Waals surface area contributed by atoms with Gasteiger partial charge in [-0.2, -0.15) is 0 Å². The van der Waals surface area contributed by atoms with E-state index >= 15 is 0 Å². The van der Waals surface area contributed by atoms with Gasteiger partial charge in [0.1, 0.15) is 5.02 Å². The zero-order valence-corrected chi connectivity index (χ0v) is 18.0. The summed E-state index contributed by atoms with van der Waals surface area (Å²) in [6.07, 6.45) is 2.79. The van der Waals surface area contributed by atoms with Crippen LogP contribution in [0.5, 0.6) is 0 Å². The topological polar surface area (TPSA) is 78.7 Å². The molecule has 0 aliphatic carbocycles. The Bertz CT molecular complexity index is 973. The zero-order chi connectivity index (χ0) is 21.7. The molecule has 0 bridgehead atoms. The molecule has 0 radical (unpaired) electrons. The van der Waals surface area contributed by atoms with E-state index in [9.17, 15) is 14.9 Å². The van der Waals surface area contributed by atoms with Crippen LogP contribution in [-0.4, -0.2) is 48.5 Å². The Morgan fingerprint density at radius 3 is 2.50 bits per heavy atom. The number of nitro benzene ring substituents is 1. The molecule has 1 aliphatic heterocycles. The number of anilines is 2. The summed E-state index contributed by atoms with van der Waals surface area (Å²) in [6.45, 7) is 7.02. The predicted molar refractivity (Wildman–Crippen MR) is 122 cm³/mol. The van der Waals surface area contributed by atoms with Crippen LogP contribution in [0.3, 0.4) is 0 Å². The van der Waals surface area contributed by atoms with Gasteiger partial charge in [0.15, 0.2) is 0 Å². The van der Waals surface area contributed by atoms with Crippen LogP contribution in [0.25, 0.3) is 6.08 Å². The number of benzene rings is 2. The molecule has 0 atom stereocenters. The van der Waals surface area contributed by atoms with Crippen LogP contribution in [0.4, 0.5) is 17.1 Å². The smallest absolute Gasteiger partial charge is 0.288 e. The number of likely N-dealkylation sites (N-methyl/N-ethyl adjacent to an activating group) is 1. The molecular formula is C21H22Cl2N4O3. The second-order valence-electron chi connectivity index (χ2n) is 6.88. The van der Waals surface area contributed by atoms with E-state index in [0.717, 1.165) is 38.4 Å². The molecule has 9 heteroatoms. The van der Waals surface area contributed by atoms with E-state index in [-0.39, 0.29) is 16.6 Å². The van der Waals surface area contributed by atoms with E-state index in [2.05, 4.69) is 22.0 Å². The standard InChI is InChI=1S/C21H22Cl2N4O3/c1-2-25-9-11-26(12-10-25)19-7-5-16(14-18(19)23)24-21(28)8-4-15-3-6-17(22)20(13-15)27(29)30/h3-8,13-14H,2,9-12H2,1H3,(H,24,28). The lowest BCUT2D eigenvalue weighted by Crippen LogP contribution is -2.46. The zero-order valence-electron chi connectivity index (χ0n) is 16.5. The number of carbonyl (C=O) groups is 1. The van der Waals surface area contributed by atoms with Crippen molar-refractivity contribution < 1.29 is 9.72 Å². The number of nitrogens with zero attached hydrogens (tertiary/aromatic N) is 3. The first kappa shape index (κ1) is 22.1. The van der Waals surface area contributed by atoms with Gasteiger partial charge in [-0.05, 0) is 42.4 Å². The summed E-state index contributed by atoms with van der Waals surface area (Å²) in [6, 6.07) is 9.79. The Labute approximate surface area is 185 Å². The largest absolute Gasteiger partial charge is 0.368 e. The quantitative estimate of drug-likeness (QED) is 0.393. The van der Waals surface area contributed by atoms with Crippen molar-refractivity contribution in [3.8, 4) is 0 Å². The van der Waals surface area contributed by atoms with E-state index in [1.807, 2.05) is 12.1 Å². The summed E-state index contributed by atoms with van der Waals surface area (Å²) in [7, 11) is 0. The number of rotatable bonds is 6. The molecule has 7 nitrogen and oxygen atoms in total. The Morgan fingerprint density at radius 1 is 1.13 bits per heavy atom. The third kappa shape index (κ3) is 5.50. The van der Waals surface area contributed by atoms with Gasteiger partial charge in [0.05, 0.1) is 15.6 Å². The van der Waals surface area contributed by atoms with E-state index in [0.29, 0.717) is 16.3 Å². The van der Waals surface area contributed by atoms with Crippen molar-refractivity contribution in [1.29, 1.82) is 0 Å². The van der Waals surface area contributed by atoms with Crippen molar-refractivity contribution in [2.75, 3.05) is 42.9 Å². The van der Waals surface area contributed by atoms with E-state index in [1.165, 1.54) is 24.3 Å². The van der Waals surface area contributed by atoms with Gasteiger partial charge in [0, 0.05) is 44.0 Å². The Morgan fingerprint density at radius 2 is 1.87 bits per heavy atom. The van der Waals surface area contributed by atoms with E-state index in [1.54, 1.807) is 12.1 Å². The average Bonchev–Trinajstić information content (AvgIpc) is 2.73. The number of halogens is 2. The molecule has 1 heterocycles. The summed E-state index contributed by atoms with van der Waals surface area (Å²) in [4.78, 5) is 27.2. The van der Waals surface area contributed by atoms with Gasteiger partial charge in [-0.25, -0.2) is 0 Å². The van der Waals surface area contributed by atoms with Crippen molar-refractivity contribution in [2.45, 2.75) is 6.92 Å². The molecule has 158 valence electrons. The van der Waals surface area contributed by atoms with Crippen LogP contribution in [0.15, 0.2) is 42.5 Å². The number of carbonyl (C=O) groups excluding carboxylic acids is 1. The monoisotopic (exact) mass is 448 g/mol. The van der Waals surface area contributed by atoms with Crippen LogP contribution in [0.1, 0.15) is 12.5 Å². The molecule has 1 amide bonds. The first-order chi connectivity index (χ1) is 14.4. The molecule has 1 saturated heterocycles. The van der Waals surface area contributed by atoms with Crippen LogP contribution < -0.4 is 10.2 Å². The lowest BCUT2D eigenvalue weighted by Gasteiger charge is -2.36. The van der Waals surface area contributed by atoms with Gasteiger partial charge in [-0.15, -0.1) is 0 Å². The molecule has 2 aromatic carbocycles. The highest BCUT2D eigenvalue weighted by atomic mass is 35.5. The SMILES string of the molecule is CCN1CCN(c2ccc(NC(=O)C=Cc3ccc(Cl)c([N+](=O)[O-])c3)cc2Cl)CC1. The molecule has 3 rings (SSSR count). The lowest BCUT2D eigenvalue weighted by atomic mass is 10.2. The Kier molecular flexibility index (Phi) is 7.31. The van der Waals surface area contributed by atoms with Crippen molar-refractivity contribution in [2.24, 2.45) is 0 Å². The molecule has 1 aliphatic rings. The van der Waals surface area contributed by atoms with E-state index < -0.39 is 4.92 Å². The molecule has 1 fully saturated rings. The third-order valence-corrected chi connectivity index (χ3v) is 5.59. The number of hydrogen-bond donors (Lipinski definition) is 1. The summed E-state index contributed by atoms with van der Waals surface area (Å²) in [5, 5.41) is 14.3. The van der Waals surface area contributed by atoms with Gasteiger partial charge in [0.25, 0.3) is 5.69 Å². The van der Waals surface area contributed by atoms with Crippen molar-refractivity contribution in [3.05, 3.63) is 68.2 Å². The molecule has 0 spiro atoms. The second-order valence-corrected chi connectivity index (χ2v) is 7.69. The van der Waals surface area contributed by atoms with Crippen LogP contribution in [0, 0.1) is 10.1 Å². The lowest BCUT2D eigenvalue weighted by molar-refractivity contribution is -0.384. The highest BCUT2D eigenvalue weighted by molar-refractivity contribution is 6.33. The maximum atomic E-state index is 12.2. The van der Waals surface area contributed by atoms with Crippen molar-refractivity contribution in [1.82, 2.24) is 4.90 Å². The minimum Gasteiger partial charge on any atom is -0.368 e. The molecular weight excluding hydrogens is 427 g/mol. The second kappa shape index (κ2) is 9.93. The van der Waals surface area contributed by atoms with Gasteiger partial charge in [-0.1, -0.05) is 36.2 Å². The molecule has 0 aromatic heterocycles. The minimum atomic E-state index is -0.564. The number of amides is 1. The molecule has 0 saturated carbocycles. The minimum absolute atomic E-state index is 0.0486. The molecule has 2 aromatic rings. The fourth-order valence-electron chi connectivity index (χ4n) is 3.28. The maximum absolute atomic E-state index is 12.2. The summed E-state index contributed by atoms with van der Waals surface area (Å²) in [5.74, 6) is -0.368. The first-order valence-corrected chi connectivity index (χ1v) is 10.3. The average molecular weight is 449 g/mol. The van der Waals surface area contributed by atoms with Crippen molar-refractivity contribution in [3.63, 3.8) is 0 Å². The van der Waals surface area contributed by atoms with Crippen LogP contribution in [-0.2, 0) is 4.79 Å². The van der Waals surface area contributed by atoms with E-state index in [4.69, 9.17) is 23.2 Å². The summed E-state index contributed by atoms with van der Waals surface area (Å²) in [5.41, 5.74) is 1.82. The number of piperazine rings is 1. The van der Waals surface area contributed by atoms with Gasteiger partial charge < -0.3 is 15.1 Å². The van der Waals surface area contributed by atoms with Gasteiger partial charge >= 0.3 is 0 Å². The predicted octanol–water partition coefficient (Wildman–Crippen LogP) is 4.70. The molecule has 0 unspecified atom stereocenters. The molecule has 30 heavy (non-hydrogen) atoms. The highest BCUT2D eigenvalue weighted by Gasteiger charge is 2.18. The van der Waals surface area contributed by atoms with Gasteiger partial charge in [-0.3, -0.25) is 14.9 Å². The normalized spacial score (nSPS) is 14.8. The fraction of sp³-hybridized carbons (Fsp3) is 0.286. The number of nitro groups is 1. The Hall–Kier alpha value is -2.61. The number of nitrogens with one attached hydrogen (secondary N) is 1. The summed E-state index contributed by atoms with van der Waals surface area (Å²) < 4.78 is 0. The Balaban J connectivity index is 1.63. The van der Waals surface area contributed by atoms with Crippen LogP contribution in [0.2, 0.25) is 10.0 Å². The summed E-state index contributed by atoms with van der Waals surface area (Å²) >= 11 is 12.2.